The molecule has 118 valence electrons. The minimum absolute atomic E-state index is 0.260. The first kappa shape index (κ1) is 15.3. The van der Waals surface area contributed by atoms with Crippen LogP contribution in [0.5, 0.6) is 0 Å². The maximum atomic E-state index is 11.8. The number of fused-ring (bicyclic) bond motifs is 1. The van der Waals surface area contributed by atoms with E-state index >= 15 is 0 Å². The second kappa shape index (κ2) is 6.23. The average molecular weight is 302 g/mol. The predicted octanol–water partition coefficient (Wildman–Crippen LogP) is 1.55. The number of hydrogen-bond donors (Lipinski definition) is 1. The van der Waals surface area contributed by atoms with Gasteiger partial charge in [0.1, 0.15) is 37.4 Å². The van der Waals surface area contributed by atoms with Crippen LogP contribution >= 0.6 is 0 Å². The first-order valence-corrected chi connectivity index (χ1v) is 8.10. The molecule has 0 saturated carbocycles. The summed E-state index contributed by atoms with van der Waals surface area (Å²) in [5, 5.41) is 1.07. The van der Waals surface area contributed by atoms with Gasteiger partial charge in [0.15, 0.2) is 0 Å². The van der Waals surface area contributed by atoms with E-state index in [2.05, 4.69) is 26.8 Å². The fourth-order valence-corrected chi connectivity index (χ4v) is 3.44. The number of hydrogen-bond acceptors (Lipinski definition) is 3. The molecule has 4 heteroatoms. The van der Waals surface area contributed by atoms with E-state index < -0.39 is 0 Å². The van der Waals surface area contributed by atoms with E-state index in [0.29, 0.717) is 5.58 Å². The number of nitrogens with one attached hydrogen (secondary N) is 1. The van der Waals surface area contributed by atoms with Crippen molar-refractivity contribution >= 4 is 11.0 Å². The number of rotatable bonds is 3. The van der Waals surface area contributed by atoms with Crippen molar-refractivity contribution in [1.82, 2.24) is 0 Å². The van der Waals surface area contributed by atoms with E-state index in [1.807, 2.05) is 12.1 Å². The van der Waals surface area contributed by atoms with Crippen molar-refractivity contribution in [2.24, 2.45) is 0 Å². The summed E-state index contributed by atoms with van der Waals surface area (Å²) in [4.78, 5) is 13.3. The molecule has 0 aliphatic carbocycles. The molecule has 1 saturated heterocycles. The Bertz CT molecular complexity index is 712. The first-order chi connectivity index (χ1) is 10.5. The molecule has 1 aromatic heterocycles. The van der Waals surface area contributed by atoms with Crippen molar-refractivity contribution in [2.75, 3.05) is 13.1 Å². The molecule has 2 heterocycles. The molecule has 1 fully saturated rings. The highest BCUT2D eigenvalue weighted by molar-refractivity contribution is 5.80. The molecule has 0 amide bonds. The zero-order valence-electron chi connectivity index (χ0n) is 13.5. The molecule has 2 atom stereocenters. The summed E-state index contributed by atoms with van der Waals surface area (Å²) in [6.45, 7) is 9.15. The quantitative estimate of drug-likeness (QED) is 0.875. The highest BCUT2D eigenvalue weighted by Gasteiger charge is 2.26. The molecule has 1 N–H and O–H groups in total. The molecule has 0 spiro atoms. The minimum atomic E-state index is -0.263. The molecule has 3 rings (SSSR count). The lowest BCUT2D eigenvalue weighted by atomic mass is 10.0. The van der Waals surface area contributed by atoms with Gasteiger partial charge in [-0.25, -0.2) is 4.79 Å². The molecule has 0 bridgehead atoms. The third kappa shape index (κ3) is 3.23. The van der Waals surface area contributed by atoms with Crippen LogP contribution in [0.25, 0.3) is 11.0 Å². The lowest BCUT2D eigenvalue weighted by molar-refractivity contribution is -0.928. The van der Waals surface area contributed by atoms with Gasteiger partial charge in [0, 0.05) is 17.0 Å². The zero-order valence-corrected chi connectivity index (χ0v) is 13.5. The molecule has 1 aromatic carbocycles. The Morgan fingerprint density at radius 2 is 1.91 bits per heavy atom. The molecule has 1 aliphatic rings. The van der Waals surface area contributed by atoms with Gasteiger partial charge >= 0.3 is 5.63 Å². The van der Waals surface area contributed by atoms with Crippen LogP contribution in [0.4, 0.5) is 0 Å². The van der Waals surface area contributed by atoms with E-state index in [1.54, 1.807) is 6.07 Å². The lowest BCUT2D eigenvalue weighted by Crippen LogP contribution is -3.14. The highest BCUT2D eigenvalue weighted by atomic mass is 16.5. The van der Waals surface area contributed by atoms with Crippen LogP contribution in [0, 0.1) is 0 Å². The van der Waals surface area contributed by atoms with E-state index in [1.165, 1.54) is 10.5 Å². The normalized spacial score (nSPS) is 25.5. The topological polar surface area (TPSA) is 43.9 Å². The van der Waals surface area contributed by atoms with Crippen LogP contribution in [0.2, 0.25) is 0 Å². The van der Waals surface area contributed by atoms with Crippen molar-refractivity contribution in [2.45, 2.75) is 45.9 Å². The van der Waals surface area contributed by atoms with E-state index in [9.17, 15) is 4.79 Å². The van der Waals surface area contributed by atoms with Crippen molar-refractivity contribution < 1.29 is 14.1 Å². The third-order valence-electron chi connectivity index (χ3n) is 4.36. The van der Waals surface area contributed by atoms with Gasteiger partial charge in [0.05, 0.1) is 0 Å². The molecular weight excluding hydrogens is 278 g/mol. The fraction of sp³-hybridized carbons (Fsp3) is 0.500. The van der Waals surface area contributed by atoms with Crippen molar-refractivity contribution in [3.63, 3.8) is 0 Å². The Morgan fingerprint density at radius 1 is 1.18 bits per heavy atom. The van der Waals surface area contributed by atoms with Crippen LogP contribution in [-0.4, -0.2) is 25.3 Å². The van der Waals surface area contributed by atoms with Crippen LogP contribution in [0.1, 0.15) is 31.9 Å². The van der Waals surface area contributed by atoms with E-state index in [4.69, 9.17) is 9.15 Å². The first-order valence-electron chi connectivity index (χ1n) is 8.10. The second-order valence-corrected chi connectivity index (χ2v) is 6.37. The maximum absolute atomic E-state index is 11.8. The molecule has 0 radical (unpaired) electrons. The molecule has 1 aliphatic heterocycles. The Morgan fingerprint density at radius 3 is 2.59 bits per heavy atom. The maximum Gasteiger partial charge on any atom is 0.336 e. The summed E-state index contributed by atoms with van der Waals surface area (Å²) in [5.41, 5.74) is 2.77. The van der Waals surface area contributed by atoms with Gasteiger partial charge in [-0.2, -0.15) is 0 Å². The summed E-state index contributed by atoms with van der Waals surface area (Å²) in [7, 11) is 0. The molecular formula is C18H24NO3+. The SMILES string of the molecule is CCc1ccc2oc(=O)cc(C[NH+]3C[C@@H](C)O[C@H](C)C3)c2c1. The lowest BCUT2D eigenvalue weighted by Gasteiger charge is -2.32. The van der Waals surface area contributed by atoms with Gasteiger partial charge in [-0.3, -0.25) is 0 Å². The third-order valence-corrected chi connectivity index (χ3v) is 4.36. The second-order valence-electron chi connectivity index (χ2n) is 6.37. The largest absolute Gasteiger partial charge is 0.423 e. The Labute approximate surface area is 130 Å². The predicted molar refractivity (Wildman–Crippen MR) is 86.3 cm³/mol. The van der Waals surface area contributed by atoms with Crippen LogP contribution < -0.4 is 10.5 Å². The molecule has 22 heavy (non-hydrogen) atoms. The van der Waals surface area contributed by atoms with E-state index in [-0.39, 0.29) is 17.8 Å². The van der Waals surface area contributed by atoms with Crippen molar-refractivity contribution in [3.05, 3.63) is 45.8 Å². The fourth-order valence-electron chi connectivity index (χ4n) is 3.44. The zero-order chi connectivity index (χ0) is 15.7. The van der Waals surface area contributed by atoms with E-state index in [0.717, 1.165) is 37.0 Å². The molecule has 0 unspecified atom stereocenters. The van der Waals surface area contributed by atoms with Gasteiger partial charge in [-0.15, -0.1) is 0 Å². The summed E-state index contributed by atoms with van der Waals surface area (Å²) >= 11 is 0. The minimum Gasteiger partial charge on any atom is -0.423 e. The van der Waals surface area contributed by atoms with Gasteiger partial charge < -0.3 is 14.1 Å². The summed E-state index contributed by atoms with van der Waals surface area (Å²) in [5.74, 6) is 0. The average Bonchev–Trinajstić information content (AvgIpc) is 2.45. The summed E-state index contributed by atoms with van der Waals surface area (Å²) in [6, 6.07) is 7.75. The molecule has 2 aromatic rings. The van der Waals surface area contributed by atoms with Crippen molar-refractivity contribution in [3.8, 4) is 0 Å². The Hall–Kier alpha value is -1.65. The van der Waals surface area contributed by atoms with Crippen LogP contribution in [0.15, 0.2) is 33.5 Å². The highest BCUT2D eigenvalue weighted by Crippen LogP contribution is 2.19. The number of aryl methyl sites for hydroxylation is 1. The standard InChI is InChI=1S/C18H23NO3/c1-4-14-5-6-17-16(7-14)15(8-18(20)22-17)11-19-9-12(2)21-13(3)10-19/h5-8,12-13H,4,9-11H2,1-3H3/p+1/t12-,13-/m1/s1. The Kier molecular flexibility index (Phi) is 4.32. The number of benzene rings is 1. The van der Waals surface area contributed by atoms with Gasteiger partial charge in [0.25, 0.3) is 0 Å². The number of quaternary nitrogens is 1. The smallest absolute Gasteiger partial charge is 0.336 e. The number of morpholine rings is 1. The van der Waals surface area contributed by atoms with Gasteiger partial charge in [0.2, 0.25) is 0 Å². The van der Waals surface area contributed by atoms with Crippen LogP contribution in [0.3, 0.4) is 0 Å². The Balaban J connectivity index is 1.96. The van der Waals surface area contributed by atoms with Crippen molar-refractivity contribution in [1.29, 1.82) is 0 Å². The summed E-state index contributed by atoms with van der Waals surface area (Å²) < 4.78 is 11.1. The summed E-state index contributed by atoms with van der Waals surface area (Å²) in [6.07, 6.45) is 1.50. The van der Waals surface area contributed by atoms with Gasteiger partial charge in [-0.1, -0.05) is 13.0 Å². The number of ether oxygens (including phenoxy) is 1. The van der Waals surface area contributed by atoms with Crippen LogP contribution in [-0.2, 0) is 17.7 Å². The molecule has 4 nitrogen and oxygen atoms in total. The monoisotopic (exact) mass is 302 g/mol. The van der Waals surface area contributed by atoms with Gasteiger partial charge in [-0.05, 0) is 38.0 Å².